The minimum Gasteiger partial charge on any atom is -0.256 e. The van der Waals surface area contributed by atoms with Gasteiger partial charge in [0.15, 0.2) is 0 Å². The third-order valence-electron chi connectivity index (χ3n) is 9.15. The Morgan fingerprint density at radius 1 is 0.385 bits per heavy atom. The van der Waals surface area contributed by atoms with Crippen LogP contribution in [-0.2, 0) is 5.41 Å². The summed E-state index contributed by atoms with van der Waals surface area (Å²) in [5.41, 5.74) is 14.3. The Bertz CT molecular complexity index is 1720. The first-order chi connectivity index (χ1) is 19.4. The van der Waals surface area contributed by atoms with Gasteiger partial charge in [-0.25, -0.2) is 0 Å². The third kappa shape index (κ3) is 2.50. The summed E-state index contributed by atoms with van der Waals surface area (Å²) in [5.74, 6) is 0.0985. The van der Waals surface area contributed by atoms with Crippen molar-refractivity contribution in [2.75, 3.05) is 0 Å². The summed E-state index contributed by atoms with van der Waals surface area (Å²) in [6, 6.07) is 39.8. The molecule has 3 nitrogen and oxygen atoms in total. The van der Waals surface area contributed by atoms with Gasteiger partial charge in [0.1, 0.15) is 0 Å². The maximum absolute atomic E-state index is 5.03. The molecular weight excluding hydrogens is 474 g/mol. The molecule has 0 bridgehead atoms. The maximum atomic E-state index is 5.03. The molecule has 0 spiro atoms. The number of aromatic nitrogens is 3. The second kappa shape index (κ2) is 7.58. The lowest BCUT2D eigenvalue weighted by molar-refractivity contribution is 0.419. The number of benzene rings is 3. The molecule has 2 unspecified atom stereocenters. The SMILES string of the molecule is c1ccc2c(c1)-c1ncccc1C2C1(C2c3ccccc3-c3ncccc32)c2ccccc2-c2ncccc21. The molecule has 6 aromatic rings. The highest BCUT2D eigenvalue weighted by Crippen LogP contribution is 2.69. The van der Waals surface area contributed by atoms with E-state index >= 15 is 0 Å². The first-order valence-electron chi connectivity index (χ1n) is 13.5. The van der Waals surface area contributed by atoms with Crippen LogP contribution in [-0.4, -0.2) is 15.0 Å². The van der Waals surface area contributed by atoms with Gasteiger partial charge in [-0.05, 0) is 51.6 Å². The minimum absolute atomic E-state index is 0.0493. The van der Waals surface area contributed by atoms with Crippen LogP contribution in [0, 0.1) is 0 Å². The molecule has 0 amide bonds. The fourth-order valence-corrected chi connectivity index (χ4v) is 7.93. The normalized spacial score (nSPS) is 20.9. The first-order valence-corrected chi connectivity index (χ1v) is 13.5. The lowest BCUT2D eigenvalue weighted by Gasteiger charge is -2.44. The molecule has 3 heterocycles. The van der Waals surface area contributed by atoms with E-state index in [4.69, 9.17) is 15.0 Å². The Labute approximate surface area is 226 Å². The van der Waals surface area contributed by atoms with Crippen LogP contribution in [0.25, 0.3) is 33.8 Å². The summed E-state index contributed by atoms with van der Waals surface area (Å²) in [6.45, 7) is 0. The standard InChI is InChI=1S/C36H23N3/c1-3-12-24-22(10-1)31(27-15-7-19-37-33(24)27)36(29-17-6-5-14-26(29)35-30(36)18-9-21-39-35)32-23-11-2-4-13-25(23)34-28(32)16-8-20-38-34/h1-21,31-32H. The van der Waals surface area contributed by atoms with Crippen LogP contribution in [0.2, 0.25) is 0 Å². The summed E-state index contributed by atoms with van der Waals surface area (Å²) >= 11 is 0. The highest BCUT2D eigenvalue weighted by molar-refractivity contribution is 5.88. The predicted octanol–water partition coefficient (Wildman–Crippen LogP) is 7.76. The largest absolute Gasteiger partial charge is 0.256 e. The van der Waals surface area contributed by atoms with Gasteiger partial charge in [0.2, 0.25) is 0 Å². The number of nitrogens with zero attached hydrogens (tertiary/aromatic N) is 3. The molecule has 0 saturated carbocycles. The molecule has 3 aromatic carbocycles. The van der Waals surface area contributed by atoms with E-state index in [1.165, 1.54) is 50.1 Å². The fraction of sp³-hybridized carbons (Fsp3) is 0.0833. The van der Waals surface area contributed by atoms with Gasteiger partial charge in [0.05, 0.1) is 17.1 Å². The van der Waals surface area contributed by atoms with Gasteiger partial charge in [-0.2, -0.15) is 0 Å². The van der Waals surface area contributed by atoms with Crippen molar-refractivity contribution < 1.29 is 0 Å². The summed E-state index contributed by atoms with van der Waals surface area (Å²) in [4.78, 5) is 14.9. The fourth-order valence-electron chi connectivity index (χ4n) is 7.93. The van der Waals surface area contributed by atoms with E-state index in [1.54, 1.807) is 0 Å². The van der Waals surface area contributed by atoms with Crippen molar-refractivity contribution >= 4 is 0 Å². The molecule has 3 aromatic heterocycles. The topological polar surface area (TPSA) is 38.7 Å². The first kappa shape index (κ1) is 21.1. The average molecular weight is 498 g/mol. The lowest BCUT2D eigenvalue weighted by Crippen LogP contribution is -2.39. The van der Waals surface area contributed by atoms with Gasteiger partial charge < -0.3 is 0 Å². The van der Waals surface area contributed by atoms with Crippen LogP contribution in [0.1, 0.15) is 45.2 Å². The van der Waals surface area contributed by atoms with Crippen molar-refractivity contribution in [3.63, 3.8) is 0 Å². The van der Waals surface area contributed by atoms with Crippen molar-refractivity contribution in [3.8, 4) is 33.8 Å². The third-order valence-corrected chi connectivity index (χ3v) is 9.15. The van der Waals surface area contributed by atoms with Crippen molar-refractivity contribution in [1.29, 1.82) is 0 Å². The zero-order valence-corrected chi connectivity index (χ0v) is 21.1. The zero-order chi connectivity index (χ0) is 25.6. The monoisotopic (exact) mass is 497 g/mol. The maximum Gasteiger partial charge on any atom is 0.0746 e. The second-order valence-electron chi connectivity index (χ2n) is 10.7. The van der Waals surface area contributed by atoms with Crippen molar-refractivity contribution in [3.05, 3.63) is 161 Å². The molecule has 0 saturated heterocycles. The average Bonchev–Trinajstić information content (AvgIpc) is 3.62. The van der Waals surface area contributed by atoms with Gasteiger partial charge in [-0.3, -0.25) is 15.0 Å². The van der Waals surface area contributed by atoms with Gasteiger partial charge in [-0.1, -0.05) is 91.0 Å². The number of pyridine rings is 3. The van der Waals surface area contributed by atoms with E-state index in [9.17, 15) is 0 Å². The Balaban J connectivity index is 1.50. The molecule has 0 aliphatic heterocycles. The van der Waals surface area contributed by atoms with Crippen molar-refractivity contribution in [1.82, 2.24) is 15.0 Å². The number of hydrogen-bond donors (Lipinski definition) is 0. The van der Waals surface area contributed by atoms with Crippen LogP contribution in [0.5, 0.6) is 0 Å². The molecule has 2 atom stereocenters. The van der Waals surface area contributed by atoms with E-state index in [1.807, 2.05) is 18.6 Å². The summed E-state index contributed by atoms with van der Waals surface area (Å²) in [5, 5.41) is 0. The molecule has 3 heteroatoms. The molecule has 0 fully saturated rings. The van der Waals surface area contributed by atoms with Crippen LogP contribution in [0.15, 0.2) is 128 Å². The number of hydrogen-bond acceptors (Lipinski definition) is 3. The second-order valence-corrected chi connectivity index (χ2v) is 10.7. The van der Waals surface area contributed by atoms with Gasteiger partial charge in [-0.15, -0.1) is 0 Å². The zero-order valence-electron chi connectivity index (χ0n) is 21.1. The molecule has 0 N–H and O–H groups in total. The number of fused-ring (bicyclic) bond motifs is 9. The van der Waals surface area contributed by atoms with E-state index in [-0.39, 0.29) is 11.8 Å². The molecule has 182 valence electrons. The van der Waals surface area contributed by atoms with Crippen LogP contribution >= 0.6 is 0 Å². The smallest absolute Gasteiger partial charge is 0.0746 e. The Morgan fingerprint density at radius 3 is 1.44 bits per heavy atom. The Hall–Kier alpha value is -4.89. The molecular formula is C36H23N3. The van der Waals surface area contributed by atoms with E-state index in [2.05, 4.69) is 109 Å². The lowest BCUT2D eigenvalue weighted by atomic mass is 9.56. The van der Waals surface area contributed by atoms with E-state index < -0.39 is 5.41 Å². The summed E-state index contributed by atoms with van der Waals surface area (Å²) in [7, 11) is 0. The predicted molar refractivity (Wildman–Crippen MR) is 153 cm³/mol. The Morgan fingerprint density at radius 2 is 0.821 bits per heavy atom. The molecule has 9 rings (SSSR count). The molecule has 0 radical (unpaired) electrons. The van der Waals surface area contributed by atoms with E-state index in [0.29, 0.717) is 0 Å². The summed E-state index contributed by atoms with van der Waals surface area (Å²) in [6.07, 6.45) is 5.78. The van der Waals surface area contributed by atoms with Crippen LogP contribution in [0.3, 0.4) is 0 Å². The minimum atomic E-state index is -0.449. The highest BCUT2D eigenvalue weighted by Gasteiger charge is 2.60. The Kier molecular flexibility index (Phi) is 4.10. The van der Waals surface area contributed by atoms with Crippen molar-refractivity contribution in [2.45, 2.75) is 17.3 Å². The molecule has 3 aliphatic rings. The highest BCUT2D eigenvalue weighted by atomic mass is 14.8. The van der Waals surface area contributed by atoms with Crippen LogP contribution < -0.4 is 0 Å². The summed E-state index contributed by atoms with van der Waals surface area (Å²) < 4.78 is 0. The van der Waals surface area contributed by atoms with Gasteiger partial charge in [0, 0.05) is 52.5 Å². The molecule has 39 heavy (non-hydrogen) atoms. The van der Waals surface area contributed by atoms with E-state index in [0.717, 1.165) is 17.1 Å². The molecule has 3 aliphatic carbocycles. The van der Waals surface area contributed by atoms with Gasteiger partial charge >= 0.3 is 0 Å². The quantitative estimate of drug-likeness (QED) is 0.245. The van der Waals surface area contributed by atoms with Gasteiger partial charge in [0.25, 0.3) is 0 Å². The number of rotatable bonds is 2. The van der Waals surface area contributed by atoms with Crippen LogP contribution in [0.4, 0.5) is 0 Å². The van der Waals surface area contributed by atoms with Crippen molar-refractivity contribution in [2.24, 2.45) is 0 Å².